The molecule has 0 heterocycles. The number of ether oxygens (including phenoxy) is 1. The van der Waals surface area contributed by atoms with Crippen molar-refractivity contribution in [3.05, 3.63) is 12.7 Å². The summed E-state index contributed by atoms with van der Waals surface area (Å²) >= 11 is 0. The minimum Gasteiger partial charge on any atom is -0.465 e. The maximum absolute atomic E-state index is 10.9. The first kappa shape index (κ1) is 10.2. The van der Waals surface area contributed by atoms with Crippen molar-refractivity contribution in [2.24, 2.45) is 5.92 Å². The summed E-state index contributed by atoms with van der Waals surface area (Å²) in [5.74, 6) is 0.228. The zero-order chi connectivity index (χ0) is 8.69. The molecule has 0 saturated heterocycles. The van der Waals surface area contributed by atoms with Crippen molar-refractivity contribution in [3.63, 3.8) is 0 Å². The van der Waals surface area contributed by atoms with Crippen molar-refractivity contribution in [1.82, 2.24) is 0 Å². The molecule has 0 aromatic rings. The fourth-order valence-corrected chi connectivity index (χ4v) is 0.633. The van der Waals surface area contributed by atoms with Gasteiger partial charge in [-0.15, -0.1) is 0 Å². The van der Waals surface area contributed by atoms with E-state index in [2.05, 4.69) is 0 Å². The Balaban J connectivity index is 3.30. The van der Waals surface area contributed by atoms with E-state index in [1.807, 2.05) is 13.8 Å². The number of esters is 1. The molecule has 63 valence electrons. The van der Waals surface area contributed by atoms with Gasteiger partial charge in [0.25, 0.3) is 0 Å². The Morgan fingerprint density at radius 3 is 2.73 bits per heavy atom. The van der Waals surface area contributed by atoms with Crippen LogP contribution in [0.4, 0.5) is 0 Å². The minimum atomic E-state index is -0.137. The summed E-state index contributed by atoms with van der Waals surface area (Å²) in [6.07, 6.45) is 2.61. The van der Waals surface area contributed by atoms with Crippen molar-refractivity contribution in [3.8, 4) is 0 Å². The first-order valence-corrected chi connectivity index (χ1v) is 3.86. The van der Waals surface area contributed by atoms with E-state index in [9.17, 15) is 4.79 Å². The molecule has 0 saturated carbocycles. The smallest absolute Gasteiger partial charge is 0.306 e. The van der Waals surface area contributed by atoms with E-state index in [4.69, 9.17) is 11.3 Å². The largest absolute Gasteiger partial charge is 0.465 e. The van der Waals surface area contributed by atoms with Gasteiger partial charge < -0.3 is 4.74 Å². The molecule has 11 heavy (non-hydrogen) atoms. The van der Waals surface area contributed by atoms with E-state index >= 15 is 0 Å². The molecule has 0 amide bonds. The van der Waals surface area contributed by atoms with Gasteiger partial charge in [-0.05, 0) is 12.3 Å². The van der Waals surface area contributed by atoms with Crippen LogP contribution in [-0.4, -0.2) is 12.6 Å². The van der Waals surface area contributed by atoms with Gasteiger partial charge in [0.15, 0.2) is 0 Å². The quantitative estimate of drug-likeness (QED) is 0.448. The van der Waals surface area contributed by atoms with Gasteiger partial charge in [0.2, 0.25) is 0 Å². The number of carbonyl (C=O) groups is 1. The standard InChI is InChI=1S/C9H15O2/c1-4-5-6-11-9(10)7-8(2)3/h1,4,8H,5-7H2,2-3H3. The van der Waals surface area contributed by atoms with Crippen LogP contribution in [0.1, 0.15) is 26.7 Å². The van der Waals surface area contributed by atoms with Gasteiger partial charge in [-0.1, -0.05) is 26.5 Å². The summed E-state index contributed by atoms with van der Waals surface area (Å²) in [5.41, 5.74) is 0. The normalized spacial score (nSPS) is 9.73. The molecule has 0 unspecified atom stereocenters. The Morgan fingerprint density at radius 1 is 1.64 bits per heavy atom. The van der Waals surface area contributed by atoms with Crippen LogP contribution in [0.25, 0.3) is 0 Å². The summed E-state index contributed by atoms with van der Waals surface area (Å²) in [6.45, 7) is 9.47. The topological polar surface area (TPSA) is 26.3 Å². The monoisotopic (exact) mass is 155 g/mol. The molecule has 0 aromatic heterocycles. The number of rotatable bonds is 5. The fraction of sp³-hybridized carbons (Fsp3) is 0.667. The van der Waals surface area contributed by atoms with Crippen molar-refractivity contribution in [1.29, 1.82) is 0 Å². The van der Waals surface area contributed by atoms with Crippen LogP contribution >= 0.6 is 0 Å². The molecule has 0 aliphatic carbocycles. The Kier molecular flexibility index (Phi) is 5.53. The van der Waals surface area contributed by atoms with E-state index < -0.39 is 0 Å². The third-order valence-corrected chi connectivity index (χ3v) is 1.12. The highest BCUT2D eigenvalue weighted by molar-refractivity contribution is 5.69. The highest BCUT2D eigenvalue weighted by Crippen LogP contribution is 2.00. The third-order valence-electron chi connectivity index (χ3n) is 1.12. The molecule has 0 rings (SSSR count). The van der Waals surface area contributed by atoms with E-state index in [1.165, 1.54) is 6.08 Å². The predicted molar refractivity (Wildman–Crippen MR) is 43.9 cm³/mol. The SMILES string of the molecule is [CH]=CCCOC(=O)CC(C)C. The number of carbonyl (C=O) groups excluding carboxylic acids is 1. The Morgan fingerprint density at radius 2 is 2.27 bits per heavy atom. The van der Waals surface area contributed by atoms with Gasteiger partial charge in [0.1, 0.15) is 0 Å². The summed E-state index contributed by atoms with van der Waals surface area (Å²) in [6, 6.07) is 0. The molecule has 0 fully saturated rings. The molecular formula is C9H15O2. The summed E-state index contributed by atoms with van der Waals surface area (Å²) in [4.78, 5) is 10.9. The van der Waals surface area contributed by atoms with E-state index in [0.717, 1.165) is 0 Å². The van der Waals surface area contributed by atoms with E-state index in [0.29, 0.717) is 25.4 Å². The molecule has 0 aliphatic heterocycles. The second kappa shape index (κ2) is 5.96. The first-order valence-electron chi connectivity index (χ1n) is 3.86. The molecule has 2 nitrogen and oxygen atoms in total. The molecule has 0 spiro atoms. The molecule has 0 aromatic carbocycles. The van der Waals surface area contributed by atoms with Crippen LogP contribution in [0.2, 0.25) is 0 Å². The molecule has 0 atom stereocenters. The van der Waals surface area contributed by atoms with Gasteiger partial charge in [0, 0.05) is 6.42 Å². The van der Waals surface area contributed by atoms with E-state index in [-0.39, 0.29) is 5.97 Å². The predicted octanol–water partition coefficient (Wildman–Crippen LogP) is 1.95. The lowest BCUT2D eigenvalue weighted by Gasteiger charge is -2.04. The molecule has 2 heteroatoms. The maximum Gasteiger partial charge on any atom is 0.306 e. The minimum absolute atomic E-state index is 0.137. The van der Waals surface area contributed by atoms with Gasteiger partial charge in [0.05, 0.1) is 6.61 Å². The van der Waals surface area contributed by atoms with Gasteiger partial charge in [-0.2, -0.15) is 0 Å². The zero-order valence-corrected chi connectivity index (χ0v) is 7.17. The van der Waals surface area contributed by atoms with Crippen LogP contribution in [0.5, 0.6) is 0 Å². The summed E-state index contributed by atoms with van der Waals surface area (Å²) in [5, 5.41) is 0. The highest BCUT2D eigenvalue weighted by atomic mass is 16.5. The number of hydrogen-bond donors (Lipinski definition) is 0. The van der Waals surface area contributed by atoms with Gasteiger partial charge in [-0.25, -0.2) is 0 Å². The maximum atomic E-state index is 10.9. The average molecular weight is 155 g/mol. The number of hydrogen-bond acceptors (Lipinski definition) is 2. The van der Waals surface area contributed by atoms with Crippen LogP contribution in [0.15, 0.2) is 6.08 Å². The Labute approximate surface area is 68.2 Å². The summed E-state index contributed by atoms with van der Waals surface area (Å²) in [7, 11) is 0. The van der Waals surface area contributed by atoms with Crippen LogP contribution in [0, 0.1) is 12.5 Å². The Bertz CT molecular complexity index is 128. The average Bonchev–Trinajstić information content (AvgIpc) is 1.86. The van der Waals surface area contributed by atoms with Crippen LogP contribution < -0.4 is 0 Å². The molecule has 0 aliphatic rings. The van der Waals surface area contributed by atoms with Gasteiger partial charge in [-0.3, -0.25) is 4.79 Å². The second-order valence-electron chi connectivity index (χ2n) is 2.84. The lowest BCUT2D eigenvalue weighted by Crippen LogP contribution is -2.08. The first-order chi connectivity index (χ1) is 5.16. The molecule has 0 N–H and O–H groups in total. The lowest BCUT2D eigenvalue weighted by atomic mass is 10.1. The lowest BCUT2D eigenvalue weighted by molar-refractivity contribution is -0.144. The van der Waals surface area contributed by atoms with Crippen molar-refractivity contribution < 1.29 is 9.53 Å². The fourth-order valence-electron chi connectivity index (χ4n) is 0.633. The molecule has 0 bridgehead atoms. The van der Waals surface area contributed by atoms with Gasteiger partial charge >= 0.3 is 5.97 Å². The summed E-state index contributed by atoms with van der Waals surface area (Å²) < 4.78 is 4.84. The second-order valence-corrected chi connectivity index (χ2v) is 2.84. The Hall–Kier alpha value is -0.790. The zero-order valence-electron chi connectivity index (χ0n) is 7.17. The van der Waals surface area contributed by atoms with E-state index in [1.54, 1.807) is 0 Å². The highest BCUT2D eigenvalue weighted by Gasteiger charge is 2.04. The van der Waals surface area contributed by atoms with Crippen LogP contribution in [0.3, 0.4) is 0 Å². The molecular weight excluding hydrogens is 140 g/mol. The van der Waals surface area contributed by atoms with Crippen LogP contribution in [-0.2, 0) is 9.53 Å². The van der Waals surface area contributed by atoms with Crippen molar-refractivity contribution in [2.75, 3.05) is 6.61 Å². The van der Waals surface area contributed by atoms with Crippen molar-refractivity contribution >= 4 is 5.97 Å². The molecule has 1 radical (unpaired) electrons. The third kappa shape index (κ3) is 7.10. The van der Waals surface area contributed by atoms with Crippen molar-refractivity contribution in [2.45, 2.75) is 26.7 Å².